The standard InChI is InChI=1S/C17H20N2O2/c1-11-7-8-13(9-12(11)2)10-16(20)18-17-14-5-3-4-6-15(14)19-21-17/h7-9H,3-6,10H2,1-2H3,(H,18,20). The first-order valence-electron chi connectivity index (χ1n) is 7.47. The summed E-state index contributed by atoms with van der Waals surface area (Å²) in [7, 11) is 0. The smallest absolute Gasteiger partial charge is 0.234 e. The molecule has 0 fully saturated rings. The maximum atomic E-state index is 12.2. The van der Waals surface area contributed by atoms with Crippen molar-refractivity contribution in [3.8, 4) is 0 Å². The predicted octanol–water partition coefficient (Wildman–Crippen LogP) is 3.35. The van der Waals surface area contributed by atoms with Gasteiger partial charge in [-0.25, -0.2) is 0 Å². The number of fused-ring (bicyclic) bond motifs is 1. The minimum atomic E-state index is -0.0530. The van der Waals surface area contributed by atoms with E-state index in [0.717, 1.165) is 42.5 Å². The molecule has 0 unspecified atom stereocenters. The lowest BCUT2D eigenvalue weighted by molar-refractivity contribution is -0.115. The molecule has 1 N–H and O–H groups in total. The minimum absolute atomic E-state index is 0.0530. The second-order valence-corrected chi connectivity index (χ2v) is 5.79. The van der Waals surface area contributed by atoms with Crippen LogP contribution in [0.1, 0.15) is 40.8 Å². The highest BCUT2D eigenvalue weighted by molar-refractivity contribution is 5.91. The van der Waals surface area contributed by atoms with E-state index in [1.165, 1.54) is 11.1 Å². The van der Waals surface area contributed by atoms with Gasteiger partial charge in [-0.3, -0.25) is 10.1 Å². The molecule has 0 radical (unpaired) electrons. The highest BCUT2D eigenvalue weighted by atomic mass is 16.5. The average Bonchev–Trinajstić information content (AvgIpc) is 2.86. The van der Waals surface area contributed by atoms with Crippen molar-refractivity contribution in [3.63, 3.8) is 0 Å². The highest BCUT2D eigenvalue weighted by Gasteiger charge is 2.20. The highest BCUT2D eigenvalue weighted by Crippen LogP contribution is 2.27. The van der Waals surface area contributed by atoms with Crippen LogP contribution in [-0.2, 0) is 24.1 Å². The molecule has 1 amide bonds. The van der Waals surface area contributed by atoms with E-state index in [4.69, 9.17) is 4.52 Å². The van der Waals surface area contributed by atoms with Crippen LogP contribution in [0.2, 0.25) is 0 Å². The Morgan fingerprint density at radius 3 is 2.86 bits per heavy atom. The van der Waals surface area contributed by atoms with Crippen molar-refractivity contribution in [1.29, 1.82) is 0 Å². The van der Waals surface area contributed by atoms with Gasteiger partial charge >= 0.3 is 0 Å². The van der Waals surface area contributed by atoms with Crippen LogP contribution in [-0.4, -0.2) is 11.1 Å². The van der Waals surface area contributed by atoms with E-state index in [1.54, 1.807) is 0 Å². The molecule has 1 aromatic carbocycles. The van der Waals surface area contributed by atoms with Gasteiger partial charge in [-0.05, 0) is 56.2 Å². The fraction of sp³-hybridized carbons (Fsp3) is 0.412. The Bertz CT molecular complexity index is 673. The van der Waals surface area contributed by atoms with Gasteiger partial charge in [-0.15, -0.1) is 0 Å². The maximum Gasteiger partial charge on any atom is 0.234 e. The third-order valence-electron chi connectivity index (χ3n) is 4.15. The van der Waals surface area contributed by atoms with E-state index in [-0.39, 0.29) is 5.91 Å². The van der Waals surface area contributed by atoms with Gasteiger partial charge in [0.05, 0.1) is 12.1 Å². The third kappa shape index (κ3) is 2.99. The van der Waals surface area contributed by atoms with Gasteiger partial charge in [0, 0.05) is 5.56 Å². The molecule has 1 aliphatic rings. The molecular weight excluding hydrogens is 264 g/mol. The third-order valence-corrected chi connectivity index (χ3v) is 4.15. The van der Waals surface area contributed by atoms with E-state index in [0.29, 0.717) is 12.3 Å². The number of carbonyl (C=O) groups excluding carboxylic acids is 1. The van der Waals surface area contributed by atoms with Crippen LogP contribution in [0, 0.1) is 13.8 Å². The minimum Gasteiger partial charge on any atom is -0.338 e. The van der Waals surface area contributed by atoms with Crippen LogP contribution < -0.4 is 5.32 Å². The van der Waals surface area contributed by atoms with Crippen LogP contribution >= 0.6 is 0 Å². The molecule has 4 nitrogen and oxygen atoms in total. The van der Waals surface area contributed by atoms with Crippen molar-refractivity contribution in [2.45, 2.75) is 46.0 Å². The number of hydrogen-bond acceptors (Lipinski definition) is 3. The molecule has 1 aromatic heterocycles. The molecule has 0 bridgehead atoms. The average molecular weight is 284 g/mol. The van der Waals surface area contributed by atoms with Gasteiger partial charge in [0.1, 0.15) is 0 Å². The summed E-state index contributed by atoms with van der Waals surface area (Å²) in [5.74, 6) is 0.487. The van der Waals surface area contributed by atoms with Crippen molar-refractivity contribution in [2.75, 3.05) is 5.32 Å². The zero-order valence-corrected chi connectivity index (χ0v) is 12.5. The number of anilines is 1. The number of aromatic nitrogens is 1. The number of rotatable bonds is 3. The van der Waals surface area contributed by atoms with E-state index < -0.39 is 0 Å². The van der Waals surface area contributed by atoms with Crippen molar-refractivity contribution < 1.29 is 9.32 Å². The van der Waals surface area contributed by atoms with Gasteiger partial charge in [-0.2, -0.15) is 0 Å². The Hall–Kier alpha value is -2.10. The molecule has 0 atom stereocenters. The summed E-state index contributed by atoms with van der Waals surface area (Å²) < 4.78 is 5.29. The Balaban J connectivity index is 1.69. The van der Waals surface area contributed by atoms with E-state index in [1.807, 2.05) is 12.1 Å². The van der Waals surface area contributed by atoms with E-state index in [9.17, 15) is 4.79 Å². The second-order valence-electron chi connectivity index (χ2n) is 5.79. The first-order valence-corrected chi connectivity index (χ1v) is 7.47. The van der Waals surface area contributed by atoms with Crippen molar-refractivity contribution in [2.24, 2.45) is 0 Å². The molecule has 0 saturated heterocycles. The summed E-state index contributed by atoms with van der Waals surface area (Å²) >= 11 is 0. The number of nitrogens with zero attached hydrogens (tertiary/aromatic N) is 1. The Morgan fingerprint density at radius 1 is 1.24 bits per heavy atom. The fourth-order valence-electron chi connectivity index (χ4n) is 2.76. The first-order chi connectivity index (χ1) is 10.1. The summed E-state index contributed by atoms with van der Waals surface area (Å²) in [6.07, 6.45) is 4.53. The number of aryl methyl sites for hydroxylation is 3. The lowest BCUT2D eigenvalue weighted by Gasteiger charge is -2.10. The first kappa shape index (κ1) is 13.9. The van der Waals surface area contributed by atoms with Gasteiger partial charge in [0.15, 0.2) is 0 Å². The Kier molecular flexibility index (Phi) is 3.78. The van der Waals surface area contributed by atoms with Gasteiger partial charge in [0.2, 0.25) is 11.8 Å². The van der Waals surface area contributed by atoms with Crippen molar-refractivity contribution in [3.05, 3.63) is 46.1 Å². The summed E-state index contributed by atoms with van der Waals surface area (Å²) in [6.45, 7) is 4.13. The monoisotopic (exact) mass is 284 g/mol. The van der Waals surface area contributed by atoms with Gasteiger partial charge in [-0.1, -0.05) is 23.4 Å². The Labute approximate surface area is 124 Å². The maximum absolute atomic E-state index is 12.2. The SMILES string of the molecule is Cc1ccc(CC(=O)Nc2onc3c2CCCC3)cc1C. The molecular formula is C17H20N2O2. The van der Waals surface area contributed by atoms with E-state index in [2.05, 4.69) is 30.4 Å². The van der Waals surface area contributed by atoms with Gasteiger partial charge in [0.25, 0.3) is 0 Å². The summed E-state index contributed by atoms with van der Waals surface area (Å²) in [4.78, 5) is 12.2. The number of hydrogen-bond donors (Lipinski definition) is 1. The molecule has 0 saturated carbocycles. The van der Waals surface area contributed by atoms with Crippen LogP contribution in [0.5, 0.6) is 0 Å². The normalized spacial score (nSPS) is 13.8. The molecule has 0 aliphatic heterocycles. The number of amides is 1. The van der Waals surface area contributed by atoms with Crippen LogP contribution in [0.3, 0.4) is 0 Å². The zero-order valence-electron chi connectivity index (χ0n) is 12.5. The molecule has 1 aliphatic carbocycles. The second kappa shape index (κ2) is 5.72. The summed E-state index contributed by atoms with van der Waals surface area (Å²) in [6, 6.07) is 6.11. The van der Waals surface area contributed by atoms with Crippen LogP contribution in [0.4, 0.5) is 5.88 Å². The van der Waals surface area contributed by atoms with Crippen LogP contribution in [0.15, 0.2) is 22.7 Å². The molecule has 3 rings (SSSR count). The zero-order chi connectivity index (χ0) is 14.8. The largest absolute Gasteiger partial charge is 0.338 e. The van der Waals surface area contributed by atoms with Crippen molar-refractivity contribution >= 4 is 11.8 Å². The topological polar surface area (TPSA) is 55.1 Å². The lowest BCUT2D eigenvalue weighted by Crippen LogP contribution is -2.15. The predicted molar refractivity (Wildman–Crippen MR) is 81.4 cm³/mol. The molecule has 1 heterocycles. The molecule has 0 spiro atoms. The van der Waals surface area contributed by atoms with Crippen molar-refractivity contribution in [1.82, 2.24) is 5.16 Å². The number of carbonyl (C=O) groups is 1. The molecule has 21 heavy (non-hydrogen) atoms. The molecule has 110 valence electrons. The lowest BCUT2D eigenvalue weighted by atomic mass is 9.97. The summed E-state index contributed by atoms with van der Waals surface area (Å²) in [5.41, 5.74) is 5.54. The quantitative estimate of drug-likeness (QED) is 0.940. The van der Waals surface area contributed by atoms with E-state index >= 15 is 0 Å². The molecule has 2 aromatic rings. The number of benzene rings is 1. The van der Waals surface area contributed by atoms with Gasteiger partial charge < -0.3 is 4.52 Å². The molecule has 4 heteroatoms. The Morgan fingerprint density at radius 2 is 2.05 bits per heavy atom. The fourth-order valence-corrected chi connectivity index (χ4v) is 2.76. The summed E-state index contributed by atoms with van der Waals surface area (Å²) in [5, 5.41) is 6.92. The van der Waals surface area contributed by atoms with Crippen LogP contribution in [0.25, 0.3) is 0 Å². The number of nitrogens with one attached hydrogen (secondary N) is 1.